The lowest BCUT2D eigenvalue weighted by Gasteiger charge is -2.04. The van der Waals surface area contributed by atoms with Gasteiger partial charge in [0.1, 0.15) is 0 Å². The van der Waals surface area contributed by atoms with Crippen molar-refractivity contribution in [3.63, 3.8) is 0 Å². The van der Waals surface area contributed by atoms with Crippen molar-refractivity contribution in [2.45, 2.75) is 13.3 Å². The van der Waals surface area contributed by atoms with Crippen LogP contribution in [-0.4, -0.2) is 25.6 Å². The SMILES string of the molecule is CCc1ccsc1C(=O)Nc1nc(-c2ccc(NS(C)(=O)=O)cc2)cs1. The highest BCUT2D eigenvalue weighted by Gasteiger charge is 2.14. The number of nitrogens with zero attached hydrogens (tertiary/aromatic N) is 1. The van der Waals surface area contributed by atoms with Gasteiger partial charge in [0.15, 0.2) is 5.13 Å². The summed E-state index contributed by atoms with van der Waals surface area (Å²) in [6.45, 7) is 2.02. The second-order valence-electron chi connectivity index (χ2n) is 5.57. The Bertz CT molecular complexity index is 1020. The minimum atomic E-state index is -3.30. The molecule has 0 aliphatic heterocycles. The zero-order chi connectivity index (χ0) is 18.7. The van der Waals surface area contributed by atoms with Gasteiger partial charge in [0.25, 0.3) is 5.91 Å². The van der Waals surface area contributed by atoms with E-state index in [4.69, 9.17) is 0 Å². The maximum absolute atomic E-state index is 12.4. The number of carbonyl (C=O) groups is 1. The first kappa shape index (κ1) is 18.6. The van der Waals surface area contributed by atoms with Crippen LogP contribution in [0, 0.1) is 0 Å². The third-order valence-corrected chi connectivity index (χ3v) is 5.86. The number of hydrogen-bond acceptors (Lipinski definition) is 6. The van der Waals surface area contributed by atoms with Crippen molar-refractivity contribution in [3.05, 3.63) is 51.5 Å². The summed E-state index contributed by atoms with van der Waals surface area (Å²) in [4.78, 5) is 17.5. The summed E-state index contributed by atoms with van der Waals surface area (Å²) in [7, 11) is -3.30. The summed E-state index contributed by atoms with van der Waals surface area (Å²) >= 11 is 2.77. The topological polar surface area (TPSA) is 88.2 Å². The van der Waals surface area contributed by atoms with Gasteiger partial charge in [0.2, 0.25) is 10.0 Å². The van der Waals surface area contributed by atoms with Crippen LogP contribution in [0.4, 0.5) is 10.8 Å². The summed E-state index contributed by atoms with van der Waals surface area (Å²) in [5.74, 6) is -0.148. The lowest BCUT2D eigenvalue weighted by atomic mass is 10.1. The predicted octanol–water partition coefficient (Wildman–Crippen LogP) is 4.06. The van der Waals surface area contributed by atoms with Crippen LogP contribution in [0.3, 0.4) is 0 Å². The molecule has 2 aromatic heterocycles. The predicted molar refractivity (Wildman–Crippen MR) is 108 cm³/mol. The number of carbonyl (C=O) groups excluding carboxylic acids is 1. The summed E-state index contributed by atoms with van der Waals surface area (Å²) in [5.41, 5.74) is 3.08. The molecule has 1 aromatic carbocycles. The molecule has 3 rings (SSSR count). The fourth-order valence-electron chi connectivity index (χ4n) is 2.35. The number of thiophene rings is 1. The minimum Gasteiger partial charge on any atom is -0.297 e. The van der Waals surface area contributed by atoms with E-state index in [2.05, 4.69) is 15.0 Å². The maximum atomic E-state index is 12.4. The van der Waals surface area contributed by atoms with E-state index in [0.29, 0.717) is 15.7 Å². The Morgan fingerprint density at radius 3 is 2.54 bits per heavy atom. The summed E-state index contributed by atoms with van der Waals surface area (Å²) in [6, 6.07) is 8.87. The van der Waals surface area contributed by atoms with Crippen LogP contribution < -0.4 is 10.0 Å². The van der Waals surface area contributed by atoms with Gasteiger partial charge in [-0.15, -0.1) is 22.7 Å². The van der Waals surface area contributed by atoms with E-state index >= 15 is 0 Å². The Morgan fingerprint density at radius 1 is 1.15 bits per heavy atom. The smallest absolute Gasteiger partial charge is 0.267 e. The Labute approximate surface area is 160 Å². The molecule has 2 heterocycles. The van der Waals surface area contributed by atoms with Crippen molar-refractivity contribution in [2.24, 2.45) is 0 Å². The number of sulfonamides is 1. The fourth-order valence-corrected chi connectivity index (χ4v) is 4.52. The van der Waals surface area contributed by atoms with E-state index in [0.717, 1.165) is 29.5 Å². The van der Waals surface area contributed by atoms with E-state index in [1.54, 1.807) is 24.3 Å². The van der Waals surface area contributed by atoms with Crippen LogP contribution >= 0.6 is 22.7 Å². The Kier molecular flexibility index (Phi) is 5.40. The lowest BCUT2D eigenvalue weighted by molar-refractivity contribution is 0.103. The van der Waals surface area contributed by atoms with Crippen LogP contribution in [0.1, 0.15) is 22.2 Å². The molecule has 0 radical (unpaired) electrons. The molecular formula is C17H17N3O3S3. The van der Waals surface area contributed by atoms with Crippen LogP contribution in [-0.2, 0) is 16.4 Å². The van der Waals surface area contributed by atoms with Gasteiger partial charge in [-0.1, -0.05) is 19.1 Å². The molecular weight excluding hydrogens is 390 g/mol. The molecule has 0 saturated carbocycles. The first-order valence-electron chi connectivity index (χ1n) is 7.77. The average molecular weight is 408 g/mol. The zero-order valence-corrected chi connectivity index (χ0v) is 16.6. The number of thiazole rings is 1. The summed E-state index contributed by atoms with van der Waals surface area (Å²) < 4.78 is 24.9. The van der Waals surface area contributed by atoms with Crippen LogP contribution in [0.2, 0.25) is 0 Å². The van der Waals surface area contributed by atoms with Crippen molar-refractivity contribution in [3.8, 4) is 11.3 Å². The molecule has 0 aliphatic carbocycles. The monoisotopic (exact) mass is 407 g/mol. The molecule has 0 unspecified atom stereocenters. The van der Waals surface area contributed by atoms with Crippen molar-refractivity contribution in [1.82, 2.24) is 4.98 Å². The zero-order valence-electron chi connectivity index (χ0n) is 14.1. The second kappa shape index (κ2) is 7.56. The van der Waals surface area contributed by atoms with Gasteiger partial charge in [-0.3, -0.25) is 14.8 Å². The molecule has 0 spiro atoms. The number of amides is 1. The Morgan fingerprint density at radius 2 is 1.88 bits per heavy atom. The van der Waals surface area contributed by atoms with Gasteiger partial charge in [0, 0.05) is 16.6 Å². The lowest BCUT2D eigenvalue weighted by Crippen LogP contribution is -2.11. The molecule has 136 valence electrons. The number of anilines is 2. The van der Waals surface area contributed by atoms with Gasteiger partial charge in [-0.05, 0) is 35.6 Å². The second-order valence-corrected chi connectivity index (χ2v) is 9.09. The third-order valence-electron chi connectivity index (χ3n) is 3.54. The highest BCUT2D eigenvalue weighted by molar-refractivity contribution is 7.92. The molecule has 0 bridgehead atoms. The highest BCUT2D eigenvalue weighted by Crippen LogP contribution is 2.27. The van der Waals surface area contributed by atoms with Crippen LogP contribution in [0.25, 0.3) is 11.3 Å². The van der Waals surface area contributed by atoms with Gasteiger partial charge >= 0.3 is 0 Å². The summed E-state index contributed by atoms with van der Waals surface area (Å²) in [6.07, 6.45) is 1.91. The number of hydrogen-bond donors (Lipinski definition) is 2. The Balaban J connectivity index is 1.72. The number of benzene rings is 1. The van der Waals surface area contributed by atoms with Crippen molar-refractivity contribution in [1.29, 1.82) is 0 Å². The minimum absolute atomic E-state index is 0.148. The molecule has 0 fully saturated rings. The van der Waals surface area contributed by atoms with E-state index in [-0.39, 0.29) is 5.91 Å². The first-order valence-corrected chi connectivity index (χ1v) is 11.4. The van der Waals surface area contributed by atoms with Crippen molar-refractivity contribution < 1.29 is 13.2 Å². The molecule has 1 amide bonds. The summed E-state index contributed by atoms with van der Waals surface area (Å²) in [5, 5.41) is 7.13. The maximum Gasteiger partial charge on any atom is 0.267 e. The average Bonchev–Trinajstić information content (AvgIpc) is 3.23. The quantitative estimate of drug-likeness (QED) is 0.645. The normalized spacial score (nSPS) is 11.3. The van der Waals surface area contributed by atoms with E-state index in [1.165, 1.54) is 22.7 Å². The molecule has 0 aliphatic rings. The van der Waals surface area contributed by atoms with Crippen molar-refractivity contribution in [2.75, 3.05) is 16.3 Å². The van der Waals surface area contributed by atoms with Crippen molar-refractivity contribution >= 4 is 49.4 Å². The standard InChI is InChI=1S/C17H17N3O3S3/c1-3-11-8-9-24-15(11)16(21)19-17-18-14(10-25-17)12-4-6-13(7-5-12)20-26(2,22)23/h4-10,20H,3H2,1-2H3,(H,18,19,21). The number of aromatic nitrogens is 1. The number of rotatable bonds is 6. The van der Waals surface area contributed by atoms with Crippen LogP contribution in [0.15, 0.2) is 41.1 Å². The van der Waals surface area contributed by atoms with Gasteiger partial charge in [-0.25, -0.2) is 13.4 Å². The fraction of sp³-hybridized carbons (Fsp3) is 0.176. The highest BCUT2D eigenvalue weighted by atomic mass is 32.2. The van der Waals surface area contributed by atoms with E-state index < -0.39 is 10.0 Å². The van der Waals surface area contributed by atoms with E-state index in [1.807, 2.05) is 23.8 Å². The largest absolute Gasteiger partial charge is 0.297 e. The van der Waals surface area contributed by atoms with Gasteiger partial charge in [-0.2, -0.15) is 0 Å². The molecule has 0 atom stereocenters. The molecule has 9 heteroatoms. The van der Waals surface area contributed by atoms with Gasteiger partial charge < -0.3 is 0 Å². The number of aryl methyl sites for hydroxylation is 1. The number of nitrogens with one attached hydrogen (secondary N) is 2. The molecule has 3 aromatic rings. The van der Waals surface area contributed by atoms with Gasteiger partial charge in [0.05, 0.1) is 16.8 Å². The van der Waals surface area contributed by atoms with Crippen LogP contribution in [0.5, 0.6) is 0 Å². The van der Waals surface area contributed by atoms with E-state index in [9.17, 15) is 13.2 Å². The molecule has 26 heavy (non-hydrogen) atoms. The molecule has 6 nitrogen and oxygen atoms in total. The third kappa shape index (κ3) is 4.48. The first-order chi connectivity index (χ1) is 12.4. The molecule has 2 N–H and O–H groups in total. The molecule has 0 saturated heterocycles. The Hall–Kier alpha value is -2.23.